The van der Waals surface area contributed by atoms with E-state index in [1.165, 1.54) is 0 Å². The number of hydrogen-bond acceptors (Lipinski definition) is 4. The molecule has 0 atom stereocenters. The highest BCUT2D eigenvalue weighted by molar-refractivity contribution is 4.82. The monoisotopic (exact) mass is 177 g/mol. The van der Waals surface area contributed by atoms with E-state index in [2.05, 4.69) is 20.0 Å². The van der Waals surface area contributed by atoms with Gasteiger partial charge in [0.15, 0.2) is 5.82 Å². The Labute approximate surface area is 68.0 Å². The maximum Gasteiger partial charge on any atom is 0.250 e. The van der Waals surface area contributed by atoms with Crippen LogP contribution in [-0.4, -0.2) is 23.1 Å². The van der Waals surface area contributed by atoms with E-state index in [1.807, 2.05) is 0 Å². The van der Waals surface area contributed by atoms with Crippen LogP contribution in [0.15, 0.2) is 4.52 Å². The second-order valence-corrected chi connectivity index (χ2v) is 2.25. The van der Waals surface area contributed by atoms with Crippen molar-refractivity contribution >= 4 is 0 Å². The standard InChI is InChI=1S/C6H9F2N3O/c1-4-10-6(11-12-4)3-9-2-5(7)8/h5,9H,2-3H2,1H3. The first kappa shape index (κ1) is 9.05. The Kier molecular flexibility index (Phi) is 3.09. The van der Waals surface area contributed by atoms with Crippen molar-refractivity contribution in [3.63, 3.8) is 0 Å². The summed E-state index contributed by atoms with van der Waals surface area (Å²) >= 11 is 0. The smallest absolute Gasteiger partial charge is 0.250 e. The molecular formula is C6H9F2N3O. The zero-order chi connectivity index (χ0) is 8.97. The lowest BCUT2D eigenvalue weighted by Gasteiger charge is -1.98. The van der Waals surface area contributed by atoms with Gasteiger partial charge in [0.05, 0.1) is 13.1 Å². The summed E-state index contributed by atoms with van der Waals surface area (Å²) in [5, 5.41) is 6.00. The Morgan fingerprint density at radius 3 is 2.83 bits per heavy atom. The average Bonchev–Trinajstić information content (AvgIpc) is 2.35. The molecule has 12 heavy (non-hydrogen) atoms. The minimum absolute atomic E-state index is 0.210. The molecule has 0 radical (unpaired) electrons. The van der Waals surface area contributed by atoms with Crippen molar-refractivity contribution in [2.45, 2.75) is 19.9 Å². The summed E-state index contributed by atoms with van der Waals surface area (Å²) in [5.74, 6) is 0.831. The van der Waals surface area contributed by atoms with E-state index in [0.717, 1.165) is 0 Å². The molecule has 0 unspecified atom stereocenters. The molecule has 1 aromatic rings. The molecule has 1 aromatic heterocycles. The first-order valence-electron chi connectivity index (χ1n) is 3.46. The molecule has 1 heterocycles. The fraction of sp³-hybridized carbons (Fsp3) is 0.667. The molecule has 0 aliphatic carbocycles. The first-order valence-corrected chi connectivity index (χ1v) is 3.46. The molecule has 0 saturated heterocycles. The Bertz CT molecular complexity index is 238. The van der Waals surface area contributed by atoms with Gasteiger partial charge in [-0.3, -0.25) is 0 Å². The summed E-state index contributed by atoms with van der Waals surface area (Å²) in [6, 6.07) is 0. The van der Waals surface area contributed by atoms with Crippen LogP contribution in [0.3, 0.4) is 0 Å². The van der Waals surface area contributed by atoms with Crippen LogP contribution in [0, 0.1) is 6.92 Å². The normalized spacial score (nSPS) is 11.0. The third kappa shape index (κ3) is 2.91. The Balaban J connectivity index is 2.24. The third-order valence-corrected chi connectivity index (χ3v) is 1.15. The molecule has 0 saturated carbocycles. The van der Waals surface area contributed by atoms with Crippen molar-refractivity contribution in [1.82, 2.24) is 15.5 Å². The van der Waals surface area contributed by atoms with Crippen molar-refractivity contribution in [1.29, 1.82) is 0 Å². The van der Waals surface area contributed by atoms with E-state index in [9.17, 15) is 8.78 Å². The van der Waals surface area contributed by atoms with Gasteiger partial charge in [0, 0.05) is 6.92 Å². The van der Waals surface area contributed by atoms with Gasteiger partial charge in [-0.2, -0.15) is 4.98 Å². The largest absolute Gasteiger partial charge is 0.340 e. The molecular weight excluding hydrogens is 168 g/mol. The van der Waals surface area contributed by atoms with Gasteiger partial charge < -0.3 is 9.84 Å². The molecule has 0 amide bonds. The predicted octanol–water partition coefficient (Wildman–Crippen LogP) is 0.733. The second kappa shape index (κ2) is 4.10. The molecule has 0 spiro atoms. The molecule has 68 valence electrons. The Morgan fingerprint density at radius 1 is 1.58 bits per heavy atom. The minimum atomic E-state index is -2.35. The van der Waals surface area contributed by atoms with E-state index < -0.39 is 6.43 Å². The van der Waals surface area contributed by atoms with Gasteiger partial charge in [-0.05, 0) is 0 Å². The van der Waals surface area contributed by atoms with E-state index in [-0.39, 0.29) is 13.1 Å². The van der Waals surface area contributed by atoms with Gasteiger partial charge in [0.1, 0.15) is 0 Å². The highest BCUT2D eigenvalue weighted by atomic mass is 19.3. The zero-order valence-electron chi connectivity index (χ0n) is 6.55. The Hall–Kier alpha value is -1.04. The van der Waals surface area contributed by atoms with Crippen LogP contribution in [0.4, 0.5) is 8.78 Å². The lowest BCUT2D eigenvalue weighted by Crippen LogP contribution is -2.21. The third-order valence-electron chi connectivity index (χ3n) is 1.15. The minimum Gasteiger partial charge on any atom is -0.340 e. The molecule has 0 fully saturated rings. The first-order chi connectivity index (χ1) is 5.68. The van der Waals surface area contributed by atoms with Crippen LogP contribution in [0.25, 0.3) is 0 Å². The van der Waals surface area contributed by atoms with Gasteiger partial charge in [-0.1, -0.05) is 5.16 Å². The van der Waals surface area contributed by atoms with Crippen LogP contribution in [0.1, 0.15) is 11.7 Å². The van der Waals surface area contributed by atoms with Gasteiger partial charge in [0.2, 0.25) is 5.89 Å². The summed E-state index contributed by atoms with van der Waals surface area (Å²) in [4.78, 5) is 3.82. The molecule has 6 heteroatoms. The summed E-state index contributed by atoms with van der Waals surface area (Å²) in [6.45, 7) is 1.50. The van der Waals surface area contributed by atoms with E-state index in [0.29, 0.717) is 11.7 Å². The van der Waals surface area contributed by atoms with E-state index in [1.54, 1.807) is 6.92 Å². The number of aryl methyl sites for hydroxylation is 1. The fourth-order valence-corrected chi connectivity index (χ4v) is 0.706. The fourth-order valence-electron chi connectivity index (χ4n) is 0.706. The van der Waals surface area contributed by atoms with Crippen molar-refractivity contribution in [3.05, 3.63) is 11.7 Å². The molecule has 4 nitrogen and oxygen atoms in total. The van der Waals surface area contributed by atoms with Gasteiger partial charge in [0.25, 0.3) is 6.43 Å². The van der Waals surface area contributed by atoms with Crippen LogP contribution < -0.4 is 5.32 Å². The molecule has 1 rings (SSSR count). The molecule has 1 N–H and O–H groups in total. The van der Waals surface area contributed by atoms with Crippen molar-refractivity contribution < 1.29 is 13.3 Å². The van der Waals surface area contributed by atoms with E-state index >= 15 is 0 Å². The highest BCUT2D eigenvalue weighted by Crippen LogP contribution is 1.94. The van der Waals surface area contributed by atoms with Crippen molar-refractivity contribution in [2.75, 3.05) is 6.54 Å². The lowest BCUT2D eigenvalue weighted by molar-refractivity contribution is 0.145. The summed E-state index contributed by atoms with van der Waals surface area (Å²) in [6.07, 6.45) is -2.35. The maximum atomic E-state index is 11.6. The number of rotatable bonds is 4. The number of aromatic nitrogens is 2. The van der Waals surface area contributed by atoms with Crippen molar-refractivity contribution in [3.8, 4) is 0 Å². The summed E-state index contributed by atoms with van der Waals surface area (Å²) in [7, 11) is 0. The summed E-state index contributed by atoms with van der Waals surface area (Å²) < 4.78 is 27.9. The second-order valence-electron chi connectivity index (χ2n) is 2.25. The number of hydrogen-bond donors (Lipinski definition) is 1. The van der Waals surface area contributed by atoms with Gasteiger partial charge in [-0.15, -0.1) is 0 Å². The van der Waals surface area contributed by atoms with E-state index in [4.69, 9.17) is 0 Å². The Morgan fingerprint density at radius 2 is 2.33 bits per heavy atom. The summed E-state index contributed by atoms with van der Waals surface area (Å²) in [5.41, 5.74) is 0. The SMILES string of the molecule is Cc1nc(CNCC(F)F)no1. The number of nitrogens with one attached hydrogen (secondary N) is 1. The molecule has 0 bridgehead atoms. The number of halogens is 2. The van der Waals surface area contributed by atoms with Crippen LogP contribution in [0.2, 0.25) is 0 Å². The van der Waals surface area contributed by atoms with Gasteiger partial charge in [-0.25, -0.2) is 8.78 Å². The number of alkyl halides is 2. The quantitative estimate of drug-likeness (QED) is 0.736. The molecule has 0 aliphatic rings. The lowest BCUT2D eigenvalue weighted by atomic mass is 10.5. The topological polar surface area (TPSA) is 51.0 Å². The average molecular weight is 177 g/mol. The molecule has 0 aliphatic heterocycles. The van der Waals surface area contributed by atoms with Crippen LogP contribution in [-0.2, 0) is 6.54 Å². The van der Waals surface area contributed by atoms with Crippen molar-refractivity contribution in [2.24, 2.45) is 0 Å². The maximum absolute atomic E-state index is 11.6. The highest BCUT2D eigenvalue weighted by Gasteiger charge is 2.04. The zero-order valence-corrected chi connectivity index (χ0v) is 6.55. The predicted molar refractivity (Wildman–Crippen MR) is 36.7 cm³/mol. The van der Waals surface area contributed by atoms with Gasteiger partial charge >= 0.3 is 0 Å². The number of nitrogens with zero attached hydrogens (tertiary/aromatic N) is 2. The molecule has 0 aromatic carbocycles. The van der Waals surface area contributed by atoms with Crippen LogP contribution >= 0.6 is 0 Å². The van der Waals surface area contributed by atoms with Crippen LogP contribution in [0.5, 0.6) is 0 Å².